The summed E-state index contributed by atoms with van der Waals surface area (Å²) < 4.78 is 5.38. The van der Waals surface area contributed by atoms with Gasteiger partial charge in [-0.15, -0.1) is 0 Å². The molecule has 2 rings (SSSR count). The summed E-state index contributed by atoms with van der Waals surface area (Å²) in [6, 6.07) is 14.3. The molecule has 1 atom stereocenters. The fourth-order valence-electron chi connectivity index (χ4n) is 2.63. The van der Waals surface area contributed by atoms with E-state index in [0.717, 1.165) is 5.56 Å². The van der Waals surface area contributed by atoms with Crippen LogP contribution in [0.5, 0.6) is 5.75 Å². The van der Waals surface area contributed by atoms with Crippen LogP contribution in [0, 0.1) is 12.8 Å². The first-order chi connectivity index (χ1) is 12.9. The Hall–Kier alpha value is -2.82. The lowest BCUT2D eigenvalue weighted by Crippen LogP contribution is -2.49. The molecule has 144 valence electrons. The number of hydrogen-bond acceptors (Lipinski definition) is 3. The third-order valence-electron chi connectivity index (χ3n) is 4.25. The number of carbonyl (C=O) groups is 2. The third-order valence-corrected chi connectivity index (χ3v) is 4.25. The van der Waals surface area contributed by atoms with E-state index in [9.17, 15) is 9.59 Å². The van der Waals surface area contributed by atoms with Crippen molar-refractivity contribution in [2.45, 2.75) is 40.3 Å². The zero-order chi connectivity index (χ0) is 19.8. The van der Waals surface area contributed by atoms with Gasteiger partial charge in [-0.05, 0) is 49.6 Å². The standard InChI is InChI=1S/C22H28N2O3/c1-5-27-19-12-10-18(11-13-19)21(25)24-20(15(2)3)22(26)23-14-17-8-6-16(4)7-9-17/h6-13,15,20H,5,14H2,1-4H3,(H,23,26)(H,24,25)/t20-/m0/s1. The van der Waals surface area contributed by atoms with Crippen molar-refractivity contribution in [3.05, 3.63) is 65.2 Å². The number of nitrogens with one attached hydrogen (secondary N) is 2. The predicted octanol–water partition coefficient (Wildman–Crippen LogP) is 3.46. The summed E-state index contributed by atoms with van der Waals surface area (Å²) >= 11 is 0. The summed E-state index contributed by atoms with van der Waals surface area (Å²) in [5.41, 5.74) is 2.69. The second-order valence-corrected chi connectivity index (χ2v) is 6.86. The van der Waals surface area contributed by atoms with E-state index in [2.05, 4.69) is 10.6 Å². The molecule has 0 saturated heterocycles. The van der Waals surface area contributed by atoms with Crippen LogP contribution < -0.4 is 15.4 Å². The van der Waals surface area contributed by atoms with Crippen LogP contribution in [-0.2, 0) is 11.3 Å². The van der Waals surface area contributed by atoms with E-state index < -0.39 is 6.04 Å². The van der Waals surface area contributed by atoms with Gasteiger partial charge in [0.05, 0.1) is 6.61 Å². The number of aryl methyl sites for hydroxylation is 1. The summed E-state index contributed by atoms with van der Waals surface area (Å²) in [6.07, 6.45) is 0. The second kappa shape index (κ2) is 9.76. The van der Waals surface area contributed by atoms with Crippen molar-refractivity contribution in [2.24, 2.45) is 5.92 Å². The van der Waals surface area contributed by atoms with Crippen LogP contribution in [0.3, 0.4) is 0 Å². The monoisotopic (exact) mass is 368 g/mol. The molecule has 0 saturated carbocycles. The van der Waals surface area contributed by atoms with Crippen LogP contribution in [-0.4, -0.2) is 24.5 Å². The highest BCUT2D eigenvalue weighted by molar-refractivity contribution is 5.97. The zero-order valence-electron chi connectivity index (χ0n) is 16.4. The molecule has 0 radical (unpaired) electrons. The number of amides is 2. The molecule has 0 aliphatic carbocycles. The van der Waals surface area contributed by atoms with E-state index in [-0.39, 0.29) is 17.7 Å². The number of carbonyl (C=O) groups excluding carboxylic acids is 2. The van der Waals surface area contributed by atoms with Crippen molar-refractivity contribution in [3.63, 3.8) is 0 Å². The van der Waals surface area contributed by atoms with Crippen molar-refractivity contribution in [1.82, 2.24) is 10.6 Å². The first kappa shape index (κ1) is 20.5. The van der Waals surface area contributed by atoms with Gasteiger partial charge in [-0.25, -0.2) is 0 Å². The van der Waals surface area contributed by atoms with Gasteiger partial charge in [0.15, 0.2) is 0 Å². The van der Waals surface area contributed by atoms with Crippen molar-refractivity contribution < 1.29 is 14.3 Å². The first-order valence-corrected chi connectivity index (χ1v) is 9.27. The van der Waals surface area contributed by atoms with Gasteiger partial charge in [0, 0.05) is 12.1 Å². The van der Waals surface area contributed by atoms with E-state index in [1.54, 1.807) is 24.3 Å². The summed E-state index contributed by atoms with van der Waals surface area (Å²) in [6.45, 7) is 8.75. The fraction of sp³-hybridized carbons (Fsp3) is 0.364. The lowest BCUT2D eigenvalue weighted by Gasteiger charge is -2.22. The van der Waals surface area contributed by atoms with Crippen LogP contribution in [0.1, 0.15) is 42.3 Å². The molecule has 5 nitrogen and oxygen atoms in total. The van der Waals surface area contributed by atoms with E-state index in [1.165, 1.54) is 5.56 Å². The van der Waals surface area contributed by atoms with Gasteiger partial charge < -0.3 is 15.4 Å². The minimum atomic E-state index is -0.602. The molecule has 27 heavy (non-hydrogen) atoms. The Bertz CT molecular complexity index is 752. The molecule has 0 spiro atoms. The van der Waals surface area contributed by atoms with Gasteiger partial charge in [-0.2, -0.15) is 0 Å². The lowest BCUT2D eigenvalue weighted by molar-refractivity contribution is -0.124. The summed E-state index contributed by atoms with van der Waals surface area (Å²) in [5, 5.41) is 5.75. The largest absolute Gasteiger partial charge is 0.494 e. The summed E-state index contributed by atoms with van der Waals surface area (Å²) in [4.78, 5) is 25.1. The van der Waals surface area contributed by atoms with Crippen molar-refractivity contribution >= 4 is 11.8 Å². The zero-order valence-corrected chi connectivity index (χ0v) is 16.4. The van der Waals surface area contributed by atoms with Gasteiger partial charge in [-0.1, -0.05) is 43.7 Å². The molecule has 0 aromatic heterocycles. The maximum atomic E-state index is 12.6. The molecule has 2 aromatic carbocycles. The van der Waals surface area contributed by atoms with Crippen LogP contribution in [0.2, 0.25) is 0 Å². The SMILES string of the molecule is CCOc1ccc(C(=O)N[C@H](C(=O)NCc2ccc(C)cc2)C(C)C)cc1. The van der Waals surface area contributed by atoms with Gasteiger partial charge in [0.25, 0.3) is 5.91 Å². The van der Waals surface area contributed by atoms with Crippen LogP contribution in [0.15, 0.2) is 48.5 Å². The number of rotatable bonds is 8. The second-order valence-electron chi connectivity index (χ2n) is 6.86. The molecule has 0 aliphatic heterocycles. The Balaban J connectivity index is 1.97. The molecule has 0 aliphatic rings. The molecule has 0 unspecified atom stereocenters. The Labute approximate surface area is 161 Å². The molecule has 0 heterocycles. The Morgan fingerprint density at radius 2 is 1.63 bits per heavy atom. The predicted molar refractivity (Wildman–Crippen MR) is 107 cm³/mol. The number of ether oxygens (including phenoxy) is 1. The molecular weight excluding hydrogens is 340 g/mol. The maximum absolute atomic E-state index is 12.6. The molecule has 0 fully saturated rings. The fourth-order valence-corrected chi connectivity index (χ4v) is 2.63. The molecular formula is C22H28N2O3. The number of hydrogen-bond donors (Lipinski definition) is 2. The Morgan fingerprint density at radius 3 is 2.19 bits per heavy atom. The van der Waals surface area contributed by atoms with E-state index in [4.69, 9.17) is 4.74 Å². The van der Waals surface area contributed by atoms with E-state index >= 15 is 0 Å². The molecule has 2 aromatic rings. The average Bonchev–Trinajstić information content (AvgIpc) is 2.66. The van der Waals surface area contributed by atoms with Gasteiger partial charge >= 0.3 is 0 Å². The third kappa shape index (κ3) is 6.13. The minimum absolute atomic E-state index is 0.0327. The number of benzene rings is 2. The van der Waals surface area contributed by atoms with Crippen LogP contribution >= 0.6 is 0 Å². The Morgan fingerprint density at radius 1 is 1.00 bits per heavy atom. The highest BCUT2D eigenvalue weighted by Crippen LogP contribution is 2.13. The van der Waals surface area contributed by atoms with Gasteiger partial charge in [0.2, 0.25) is 5.91 Å². The minimum Gasteiger partial charge on any atom is -0.494 e. The van der Waals surface area contributed by atoms with Crippen molar-refractivity contribution in [2.75, 3.05) is 6.61 Å². The van der Waals surface area contributed by atoms with E-state index in [1.807, 2.05) is 52.0 Å². The Kier molecular flexibility index (Phi) is 7.41. The highest BCUT2D eigenvalue weighted by Gasteiger charge is 2.24. The van der Waals surface area contributed by atoms with Crippen molar-refractivity contribution in [1.29, 1.82) is 0 Å². The van der Waals surface area contributed by atoms with Gasteiger partial charge in [-0.3, -0.25) is 9.59 Å². The molecule has 2 amide bonds. The normalized spacial score (nSPS) is 11.7. The smallest absolute Gasteiger partial charge is 0.251 e. The topological polar surface area (TPSA) is 67.4 Å². The lowest BCUT2D eigenvalue weighted by atomic mass is 10.0. The maximum Gasteiger partial charge on any atom is 0.251 e. The van der Waals surface area contributed by atoms with Crippen molar-refractivity contribution in [3.8, 4) is 5.75 Å². The van der Waals surface area contributed by atoms with Crippen LogP contribution in [0.4, 0.5) is 0 Å². The summed E-state index contributed by atoms with van der Waals surface area (Å²) in [5.74, 6) is 0.215. The molecule has 5 heteroatoms. The van der Waals surface area contributed by atoms with Gasteiger partial charge in [0.1, 0.15) is 11.8 Å². The molecule has 0 bridgehead atoms. The molecule has 2 N–H and O–H groups in total. The highest BCUT2D eigenvalue weighted by atomic mass is 16.5. The summed E-state index contributed by atoms with van der Waals surface area (Å²) in [7, 11) is 0. The van der Waals surface area contributed by atoms with Crippen LogP contribution in [0.25, 0.3) is 0 Å². The quantitative estimate of drug-likeness (QED) is 0.750. The first-order valence-electron chi connectivity index (χ1n) is 9.27. The van der Waals surface area contributed by atoms with E-state index in [0.29, 0.717) is 24.5 Å². The average molecular weight is 368 g/mol.